The Balaban J connectivity index is 1.86. The van der Waals surface area contributed by atoms with Crippen molar-refractivity contribution >= 4 is 6.08 Å². The van der Waals surface area contributed by atoms with Crippen LogP contribution in [0.3, 0.4) is 0 Å². The number of hydrogen-bond donors (Lipinski definition) is 0. The van der Waals surface area contributed by atoms with Gasteiger partial charge in [-0.15, -0.1) is 0 Å². The summed E-state index contributed by atoms with van der Waals surface area (Å²) in [6.45, 7) is 6.06. The third-order valence-corrected chi connectivity index (χ3v) is 5.62. The quantitative estimate of drug-likeness (QED) is 0.673. The van der Waals surface area contributed by atoms with Crippen LogP contribution in [0.1, 0.15) is 30.9 Å². The van der Waals surface area contributed by atoms with Gasteiger partial charge >= 0.3 is 0 Å². The van der Waals surface area contributed by atoms with Gasteiger partial charge in [0.05, 0.1) is 11.6 Å². The number of benzene rings is 2. The predicted molar refractivity (Wildman–Crippen MR) is 112 cm³/mol. The molecule has 2 aromatic carbocycles. The first-order valence-corrected chi connectivity index (χ1v) is 9.96. The van der Waals surface area contributed by atoms with Gasteiger partial charge in [0.1, 0.15) is 23.2 Å². The molecule has 0 aliphatic carbocycles. The average molecular weight is 404 g/mol. The molecular formula is C25H22F2N2O. The van der Waals surface area contributed by atoms with E-state index < -0.39 is 0 Å². The first-order valence-electron chi connectivity index (χ1n) is 9.96. The van der Waals surface area contributed by atoms with Crippen molar-refractivity contribution in [1.82, 2.24) is 4.90 Å². The highest BCUT2D eigenvalue weighted by molar-refractivity contribution is 5.63. The second kappa shape index (κ2) is 8.25. The molecule has 30 heavy (non-hydrogen) atoms. The number of halogens is 2. The molecule has 0 N–H and O–H groups in total. The largest absolute Gasteiger partial charge is 0.461 e. The molecule has 2 aliphatic heterocycles. The lowest BCUT2D eigenvalue weighted by Crippen LogP contribution is -2.37. The summed E-state index contributed by atoms with van der Waals surface area (Å²) in [7, 11) is 0. The third kappa shape index (κ3) is 3.79. The Kier molecular flexibility index (Phi) is 5.52. The van der Waals surface area contributed by atoms with E-state index in [4.69, 9.17) is 4.74 Å². The van der Waals surface area contributed by atoms with E-state index >= 15 is 0 Å². The highest BCUT2D eigenvalue weighted by Gasteiger charge is 2.36. The molecule has 152 valence electrons. The van der Waals surface area contributed by atoms with Crippen molar-refractivity contribution in [3.8, 4) is 6.07 Å². The summed E-state index contributed by atoms with van der Waals surface area (Å²) in [5.74, 6) is 0.439. The molecule has 2 aliphatic rings. The Bertz CT molecular complexity index is 1090. The van der Waals surface area contributed by atoms with Crippen LogP contribution < -0.4 is 0 Å². The van der Waals surface area contributed by atoms with E-state index in [1.807, 2.05) is 6.08 Å². The fourth-order valence-electron chi connectivity index (χ4n) is 4.09. The molecule has 3 nitrogen and oxygen atoms in total. The average Bonchev–Trinajstić information content (AvgIpc) is 2.75. The van der Waals surface area contributed by atoms with Crippen LogP contribution in [-0.2, 0) is 4.74 Å². The molecule has 2 heterocycles. The van der Waals surface area contributed by atoms with Gasteiger partial charge in [0.25, 0.3) is 0 Å². The standard InChI is InChI=1S/C25H22F2N2O/c1-3-29-14-19(12-17-4-8-20(26)9-5-17)25-23(15-29)24(22(13-28)16(2)30-25)18-6-10-21(27)11-7-18/h4-12,24H,3,14-15H2,1-2H3/b19-12+. The van der Waals surface area contributed by atoms with Crippen molar-refractivity contribution in [2.24, 2.45) is 0 Å². The molecule has 0 fully saturated rings. The lowest BCUT2D eigenvalue weighted by Gasteiger charge is -2.38. The minimum absolute atomic E-state index is 0.279. The first kappa shape index (κ1) is 20.1. The van der Waals surface area contributed by atoms with Crippen LogP contribution in [-0.4, -0.2) is 24.5 Å². The summed E-state index contributed by atoms with van der Waals surface area (Å²) in [4.78, 5) is 2.27. The fourth-order valence-corrected chi connectivity index (χ4v) is 4.09. The van der Waals surface area contributed by atoms with Gasteiger partial charge in [-0.3, -0.25) is 4.90 Å². The van der Waals surface area contributed by atoms with Gasteiger partial charge in [-0.25, -0.2) is 8.78 Å². The van der Waals surface area contributed by atoms with Crippen LogP contribution >= 0.6 is 0 Å². The first-order chi connectivity index (χ1) is 14.5. The molecule has 1 unspecified atom stereocenters. The summed E-state index contributed by atoms with van der Waals surface area (Å²) in [6, 6.07) is 14.9. The predicted octanol–water partition coefficient (Wildman–Crippen LogP) is 5.55. The van der Waals surface area contributed by atoms with Crippen molar-refractivity contribution in [1.29, 1.82) is 5.26 Å². The van der Waals surface area contributed by atoms with Gasteiger partial charge in [0.2, 0.25) is 0 Å². The lowest BCUT2D eigenvalue weighted by molar-refractivity contribution is 0.242. The van der Waals surface area contributed by atoms with Crippen LogP contribution in [0.4, 0.5) is 8.78 Å². The van der Waals surface area contributed by atoms with Gasteiger partial charge in [-0.1, -0.05) is 31.2 Å². The maximum Gasteiger partial charge on any atom is 0.132 e. The Morgan fingerprint density at radius 3 is 2.30 bits per heavy atom. The van der Waals surface area contributed by atoms with E-state index in [0.717, 1.165) is 34.6 Å². The maximum atomic E-state index is 13.5. The van der Waals surface area contributed by atoms with E-state index in [2.05, 4.69) is 17.9 Å². The maximum absolute atomic E-state index is 13.5. The van der Waals surface area contributed by atoms with Crippen molar-refractivity contribution in [2.75, 3.05) is 19.6 Å². The highest BCUT2D eigenvalue weighted by atomic mass is 19.1. The number of nitrogens with zero attached hydrogens (tertiary/aromatic N) is 2. The Labute approximate surface area is 175 Å². The van der Waals surface area contributed by atoms with E-state index in [1.54, 1.807) is 31.2 Å². The van der Waals surface area contributed by atoms with Gasteiger partial charge in [0.15, 0.2) is 0 Å². The van der Waals surface area contributed by atoms with Crippen LogP contribution in [0.15, 0.2) is 76.8 Å². The fraction of sp³-hybridized carbons (Fsp3) is 0.240. The zero-order chi connectivity index (χ0) is 21.3. The monoisotopic (exact) mass is 404 g/mol. The van der Waals surface area contributed by atoms with Gasteiger partial charge in [-0.05, 0) is 60.5 Å². The summed E-state index contributed by atoms with van der Waals surface area (Å²) in [5, 5.41) is 9.84. The summed E-state index contributed by atoms with van der Waals surface area (Å²) < 4.78 is 33.0. The minimum atomic E-state index is -0.310. The molecule has 0 bridgehead atoms. The third-order valence-electron chi connectivity index (χ3n) is 5.62. The molecule has 0 spiro atoms. The van der Waals surface area contributed by atoms with Crippen molar-refractivity contribution in [2.45, 2.75) is 19.8 Å². The summed E-state index contributed by atoms with van der Waals surface area (Å²) >= 11 is 0. The SMILES string of the molecule is CCN1CC2=C(OC(C)=C(C#N)C2c2ccc(F)cc2)/C(=C/c2ccc(F)cc2)C1. The molecule has 0 aromatic heterocycles. The van der Waals surface area contributed by atoms with Gasteiger partial charge in [0, 0.05) is 24.6 Å². The van der Waals surface area contributed by atoms with E-state index in [-0.39, 0.29) is 17.6 Å². The van der Waals surface area contributed by atoms with Gasteiger partial charge in [-0.2, -0.15) is 5.26 Å². The molecule has 0 saturated heterocycles. The number of ether oxygens (including phenoxy) is 1. The second-order valence-corrected chi connectivity index (χ2v) is 7.55. The van der Waals surface area contributed by atoms with Crippen LogP contribution in [0.5, 0.6) is 0 Å². The molecule has 0 saturated carbocycles. The number of likely N-dealkylation sites (N-methyl/N-ethyl adjacent to an activating group) is 1. The highest BCUT2D eigenvalue weighted by Crippen LogP contribution is 2.44. The second-order valence-electron chi connectivity index (χ2n) is 7.55. The molecule has 0 radical (unpaired) electrons. The zero-order valence-corrected chi connectivity index (χ0v) is 17.0. The molecule has 0 amide bonds. The van der Waals surface area contributed by atoms with Gasteiger partial charge < -0.3 is 4.74 Å². The summed E-state index contributed by atoms with van der Waals surface area (Å²) in [6.07, 6.45) is 2.00. The smallest absolute Gasteiger partial charge is 0.132 e. The molecule has 5 heteroatoms. The van der Waals surface area contributed by atoms with Crippen LogP contribution in [0.2, 0.25) is 0 Å². The number of hydrogen-bond acceptors (Lipinski definition) is 3. The number of allylic oxidation sites excluding steroid dienone is 2. The Morgan fingerprint density at radius 2 is 1.70 bits per heavy atom. The zero-order valence-electron chi connectivity index (χ0n) is 17.0. The van der Waals surface area contributed by atoms with Crippen LogP contribution in [0.25, 0.3) is 6.08 Å². The number of rotatable bonds is 3. The minimum Gasteiger partial charge on any atom is -0.461 e. The van der Waals surface area contributed by atoms with E-state index in [1.165, 1.54) is 24.3 Å². The van der Waals surface area contributed by atoms with E-state index in [0.29, 0.717) is 24.4 Å². The Hall–Kier alpha value is -3.23. The normalized spacial score (nSPS) is 20.8. The van der Waals surface area contributed by atoms with E-state index in [9.17, 15) is 14.0 Å². The van der Waals surface area contributed by atoms with Crippen molar-refractivity contribution < 1.29 is 13.5 Å². The molecular weight excluding hydrogens is 382 g/mol. The molecule has 2 aromatic rings. The number of nitriles is 1. The van der Waals surface area contributed by atoms with Crippen LogP contribution in [0, 0.1) is 23.0 Å². The topological polar surface area (TPSA) is 36.3 Å². The molecule has 1 atom stereocenters. The Morgan fingerprint density at radius 1 is 1.07 bits per heavy atom. The lowest BCUT2D eigenvalue weighted by atomic mass is 9.79. The van der Waals surface area contributed by atoms with Crippen molar-refractivity contribution in [3.63, 3.8) is 0 Å². The van der Waals surface area contributed by atoms with Crippen molar-refractivity contribution in [3.05, 3.63) is 99.5 Å². The molecule has 4 rings (SSSR count). The summed E-state index contributed by atoms with van der Waals surface area (Å²) in [5.41, 5.74) is 4.26.